The second kappa shape index (κ2) is 19.6. The van der Waals surface area contributed by atoms with Crippen LogP contribution in [-0.2, 0) is 38.1 Å². The van der Waals surface area contributed by atoms with Crippen molar-refractivity contribution < 1.29 is 34.7 Å². The summed E-state index contributed by atoms with van der Waals surface area (Å²) in [7, 11) is -7.62. The highest BCUT2D eigenvalue weighted by molar-refractivity contribution is 7.86. The second-order valence-corrected chi connectivity index (χ2v) is 12.0. The number of esters is 1. The van der Waals surface area contributed by atoms with Crippen LogP contribution in [0.15, 0.2) is 0 Å². The Morgan fingerprint density at radius 2 is 1.06 bits per heavy atom. The molecule has 0 rings (SSSR count). The van der Waals surface area contributed by atoms with Gasteiger partial charge in [0.25, 0.3) is 20.2 Å². The molecule has 0 amide bonds. The van der Waals surface area contributed by atoms with Gasteiger partial charge in [-0.25, -0.2) is 0 Å². The minimum atomic E-state index is -3.85. The number of ether oxygens (including phenoxy) is 1. The van der Waals surface area contributed by atoms with Crippen LogP contribution in [0.3, 0.4) is 0 Å². The third-order valence-corrected chi connectivity index (χ3v) is 6.38. The van der Waals surface area contributed by atoms with E-state index in [1.807, 2.05) is 0 Å². The van der Waals surface area contributed by atoms with Crippen molar-refractivity contribution in [2.24, 2.45) is 0 Å². The average Bonchev–Trinajstić information content (AvgIpc) is 2.71. The van der Waals surface area contributed by atoms with Crippen LogP contribution in [0.4, 0.5) is 0 Å². The standard InChI is InChI=1S/C23H46O8S2/c1-4-5-6-7-8-9-10-11-12-13-14-15-16-17-18-19-23(24)29-20-22(31-33(3,27)28)21-30-32(2,25)26/h22H,4-21H2,1-3H3. The molecule has 0 N–H and O–H groups in total. The summed E-state index contributed by atoms with van der Waals surface area (Å²) >= 11 is 0. The molecule has 0 aliphatic rings. The van der Waals surface area contributed by atoms with E-state index in [1.165, 1.54) is 77.0 Å². The topological polar surface area (TPSA) is 113 Å². The van der Waals surface area contributed by atoms with Crippen molar-refractivity contribution in [2.45, 2.75) is 116 Å². The first-order chi connectivity index (χ1) is 15.5. The molecular weight excluding hydrogens is 468 g/mol. The van der Waals surface area contributed by atoms with Crippen molar-refractivity contribution in [1.29, 1.82) is 0 Å². The van der Waals surface area contributed by atoms with Gasteiger partial charge in [-0.3, -0.25) is 13.2 Å². The summed E-state index contributed by atoms with van der Waals surface area (Å²) in [6.07, 6.45) is 19.2. The molecule has 0 spiro atoms. The Hall–Kier alpha value is -0.710. The highest BCUT2D eigenvalue weighted by Crippen LogP contribution is 2.14. The van der Waals surface area contributed by atoms with Crippen LogP contribution in [0.25, 0.3) is 0 Å². The lowest BCUT2D eigenvalue weighted by molar-refractivity contribution is -0.146. The predicted molar refractivity (Wildman–Crippen MR) is 131 cm³/mol. The van der Waals surface area contributed by atoms with E-state index in [-0.39, 0.29) is 13.0 Å². The van der Waals surface area contributed by atoms with E-state index in [1.54, 1.807) is 0 Å². The van der Waals surface area contributed by atoms with E-state index in [0.717, 1.165) is 25.4 Å². The molecule has 0 saturated carbocycles. The highest BCUT2D eigenvalue weighted by Gasteiger charge is 2.20. The smallest absolute Gasteiger partial charge is 0.305 e. The Morgan fingerprint density at radius 3 is 1.45 bits per heavy atom. The van der Waals surface area contributed by atoms with Crippen molar-refractivity contribution >= 4 is 26.2 Å². The van der Waals surface area contributed by atoms with Crippen LogP contribution in [0.2, 0.25) is 0 Å². The Labute approximate surface area is 202 Å². The number of hydrogen-bond donors (Lipinski definition) is 0. The lowest BCUT2D eigenvalue weighted by Crippen LogP contribution is -2.30. The van der Waals surface area contributed by atoms with Crippen molar-refractivity contribution in [3.05, 3.63) is 0 Å². The molecule has 0 aliphatic carbocycles. The fourth-order valence-electron chi connectivity index (χ4n) is 3.45. The van der Waals surface area contributed by atoms with E-state index in [2.05, 4.69) is 11.1 Å². The third kappa shape index (κ3) is 25.7. The molecular formula is C23H46O8S2. The minimum absolute atomic E-state index is 0.233. The summed E-state index contributed by atoms with van der Waals surface area (Å²) < 4.78 is 59.0. The minimum Gasteiger partial charge on any atom is -0.463 e. The maximum Gasteiger partial charge on any atom is 0.305 e. The summed E-state index contributed by atoms with van der Waals surface area (Å²) in [5.74, 6) is -0.467. The van der Waals surface area contributed by atoms with E-state index in [4.69, 9.17) is 8.92 Å². The largest absolute Gasteiger partial charge is 0.463 e. The van der Waals surface area contributed by atoms with Gasteiger partial charge in [-0.1, -0.05) is 96.8 Å². The predicted octanol–water partition coefficient (Wildman–Crippen LogP) is 5.11. The van der Waals surface area contributed by atoms with E-state index in [0.29, 0.717) is 6.42 Å². The molecule has 8 nitrogen and oxygen atoms in total. The van der Waals surface area contributed by atoms with E-state index >= 15 is 0 Å². The monoisotopic (exact) mass is 514 g/mol. The quantitative estimate of drug-likeness (QED) is 0.105. The number of carbonyl (C=O) groups is 1. The van der Waals surface area contributed by atoms with Gasteiger partial charge in [-0.05, 0) is 6.42 Å². The van der Waals surface area contributed by atoms with Gasteiger partial charge in [-0.15, -0.1) is 0 Å². The first-order valence-electron chi connectivity index (χ1n) is 12.4. The first kappa shape index (κ1) is 32.3. The van der Waals surface area contributed by atoms with Crippen molar-refractivity contribution in [1.82, 2.24) is 0 Å². The Balaban J connectivity index is 3.70. The number of unbranched alkanes of at least 4 members (excludes halogenated alkanes) is 14. The number of carbonyl (C=O) groups excluding carboxylic acids is 1. The fourth-order valence-corrected chi connectivity index (χ4v) is 4.45. The summed E-state index contributed by atoms with van der Waals surface area (Å²) in [5, 5.41) is 0. The summed E-state index contributed by atoms with van der Waals surface area (Å²) in [5.41, 5.74) is 0. The average molecular weight is 515 g/mol. The van der Waals surface area contributed by atoms with Gasteiger partial charge in [0.05, 0.1) is 19.1 Å². The van der Waals surface area contributed by atoms with Crippen LogP contribution in [0.5, 0.6) is 0 Å². The molecule has 0 saturated heterocycles. The molecule has 0 radical (unpaired) electrons. The zero-order valence-corrected chi connectivity index (χ0v) is 22.5. The summed E-state index contributed by atoms with van der Waals surface area (Å²) in [4.78, 5) is 11.9. The molecule has 0 aliphatic heterocycles. The fraction of sp³-hybridized carbons (Fsp3) is 0.957. The van der Waals surface area contributed by atoms with E-state index in [9.17, 15) is 21.6 Å². The van der Waals surface area contributed by atoms with Crippen molar-refractivity contribution in [3.8, 4) is 0 Å². The molecule has 1 unspecified atom stereocenters. The van der Waals surface area contributed by atoms with Crippen LogP contribution in [0, 0.1) is 0 Å². The van der Waals surface area contributed by atoms with Gasteiger partial charge in [0, 0.05) is 6.42 Å². The molecule has 0 aromatic rings. The lowest BCUT2D eigenvalue weighted by Gasteiger charge is -2.15. The SMILES string of the molecule is CCCCCCCCCCCCCCCCCC(=O)OCC(COS(C)(=O)=O)OS(C)(=O)=O. The Morgan fingerprint density at radius 1 is 0.636 bits per heavy atom. The van der Waals surface area contributed by atoms with Gasteiger partial charge in [0.1, 0.15) is 12.7 Å². The third-order valence-electron chi connectivity index (χ3n) is 5.19. The van der Waals surface area contributed by atoms with Crippen molar-refractivity contribution in [2.75, 3.05) is 25.7 Å². The van der Waals surface area contributed by atoms with Crippen LogP contribution >= 0.6 is 0 Å². The van der Waals surface area contributed by atoms with Gasteiger partial charge in [-0.2, -0.15) is 16.8 Å². The molecule has 33 heavy (non-hydrogen) atoms. The van der Waals surface area contributed by atoms with Gasteiger partial charge in [0.2, 0.25) is 0 Å². The Kier molecular flexibility index (Phi) is 19.2. The normalized spacial score (nSPS) is 13.2. The van der Waals surface area contributed by atoms with Gasteiger partial charge >= 0.3 is 5.97 Å². The number of rotatable bonds is 23. The van der Waals surface area contributed by atoms with Crippen LogP contribution in [0.1, 0.15) is 110 Å². The number of hydrogen-bond acceptors (Lipinski definition) is 8. The zero-order valence-electron chi connectivity index (χ0n) is 20.9. The molecule has 1 atom stereocenters. The molecule has 0 bridgehead atoms. The lowest BCUT2D eigenvalue weighted by atomic mass is 10.0. The molecule has 0 heterocycles. The van der Waals surface area contributed by atoms with Gasteiger partial charge < -0.3 is 4.74 Å². The summed E-state index contributed by atoms with van der Waals surface area (Å²) in [6, 6.07) is 0. The zero-order chi connectivity index (χ0) is 25.0. The molecule has 198 valence electrons. The second-order valence-electron chi connectivity index (χ2n) is 8.79. The van der Waals surface area contributed by atoms with Crippen molar-refractivity contribution in [3.63, 3.8) is 0 Å². The maximum atomic E-state index is 11.9. The molecule has 0 fully saturated rings. The van der Waals surface area contributed by atoms with E-state index < -0.39 is 38.9 Å². The molecule has 0 aromatic heterocycles. The molecule has 10 heteroatoms. The Bertz CT molecular complexity index is 689. The van der Waals surface area contributed by atoms with Gasteiger partial charge in [0.15, 0.2) is 0 Å². The highest BCUT2D eigenvalue weighted by atomic mass is 32.2. The maximum absolute atomic E-state index is 11.9. The van der Waals surface area contributed by atoms with Crippen LogP contribution in [-0.4, -0.2) is 54.6 Å². The first-order valence-corrected chi connectivity index (χ1v) is 16.0. The summed E-state index contributed by atoms with van der Waals surface area (Å²) in [6.45, 7) is 1.31. The van der Waals surface area contributed by atoms with Crippen LogP contribution < -0.4 is 0 Å². The molecule has 0 aromatic carbocycles.